The van der Waals surface area contributed by atoms with Gasteiger partial charge in [-0.3, -0.25) is 9.80 Å². The lowest BCUT2D eigenvalue weighted by molar-refractivity contribution is 0.0148. The van der Waals surface area contributed by atoms with Crippen LogP contribution in [0.25, 0.3) is 11.5 Å². The van der Waals surface area contributed by atoms with Gasteiger partial charge in [-0.1, -0.05) is 29.8 Å². The van der Waals surface area contributed by atoms with Crippen molar-refractivity contribution in [1.29, 1.82) is 0 Å². The fourth-order valence-electron chi connectivity index (χ4n) is 3.75. The first-order valence-corrected chi connectivity index (χ1v) is 9.30. The van der Waals surface area contributed by atoms with Crippen molar-refractivity contribution in [3.63, 3.8) is 0 Å². The van der Waals surface area contributed by atoms with Gasteiger partial charge in [-0.05, 0) is 31.5 Å². The Bertz CT molecular complexity index is 654. The molecule has 1 aromatic heterocycles. The van der Waals surface area contributed by atoms with E-state index in [9.17, 15) is 0 Å². The minimum atomic E-state index is 0.575. The van der Waals surface area contributed by atoms with Gasteiger partial charge >= 0.3 is 0 Å². The molecule has 1 unspecified atom stereocenters. The number of ether oxygens (including phenoxy) is 1. The summed E-state index contributed by atoms with van der Waals surface area (Å²) in [6.07, 6.45) is 3.82. The first kappa shape index (κ1) is 16.7. The van der Waals surface area contributed by atoms with Crippen LogP contribution in [0, 0.1) is 0 Å². The van der Waals surface area contributed by atoms with Gasteiger partial charge in [0.2, 0.25) is 0 Å². The Morgan fingerprint density at radius 3 is 2.72 bits per heavy atom. The quantitative estimate of drug-likeness (QED) is 0.832. The highest BCUT2D eigenvalue weighted by molar-refractivity contribution is 5.51. The maximum Gasteiger partial charge on any atom is 0.257 e. The highest BCUT2D eigenvalue weighted by Crippen LogP contribution is 2.22. The summed E-state index contributed by atoms with van der Waals surface area (Å²) >= 11 is 0. The lowest BCUT2D eigenvalue weighted by Gasteiger charge is -2.39. The molecule has 2 aliphatic heterocycles. The van der Waals surface area contributed by atoms with E-state index < -0.39 is 0 Å². The SMILES string of the molecule is c1ccc(-c2nc(CN3CCCCC3CN3CCOCC3)no2)cc1. The number of hydrogen-bond acceptors (Lipinski definition) is 6. The fraction of sp³-hybridized carbons (Fsp3) is 0.579. The number of morpholine rings is 1. The fourth-order valence-corrected chi connectivity index (χ4v) is 3.75. The van der Waals surface area contributed by atoms with Gasteiger partial charge in [0, 0.05) is 31.2 Å². The molecule has 0 aliphatic carbocycles. The van der Waals surface area contributed by atoms with Gasteiger partial charge in [-0.15, -0.1) is 0 Å². The van der Waals surface area contributed by atoms with Gasteiger partial charge < -0.3 is 9.26 Å². The van der Waals surface area contributed by atoms with Gasteiger partial charge in [0.15, 0.2) is 5.82 Å². The molecule has 0 saturated carbocycles. The van der Waals surface area contributed by atoms with Crippen molar-refractivity contribution in [1.82, 2.24) is 19.9 Å². The van der Waals surface area contributed by atoms with Crippen LogP contribution in [0.1, 0.15) is 25.1 Å². The Morgan fingerprint density at radius 1 is 1.04 bits per heavy atom. The highest BCUT2D eigenvalue weighted by atomic mass is 16.5. The Hall–Kier alpha value is -1.76. The molecule has 0 bridgehead atoms. The summed E-state index contributed by atoms with van der Waals surface area (Å²) < 4.78 is 10.9. The Balaban J connectivity index is 1.40. The van der Waals surface area contributed by atoms with Crippen LogP contribution in [0.3, 0.4) is 0 Å². The average Bonchev–Trinajstić information content (AvgIpc) is 3.14. The van der Waals surface area contributed by atoms with Crippen molar-refractivity contribution in [3.05, 3.63) is 36.2 Å². The highest BCUT2D eigenvalue weighted by Gasteiger charge is 2.26. The van der Waals surface area contributed by atoms with Crippen molar-refractivity contribution in [3.8, 4) is 11.5 Å². The summed E-state index contributed by atoms with van der Waals surface area (Å²) in [7, 11) is 0. The Morgan fingerprint density at radius 2 is 1.88 bits per heavy atom. The number of piperidine rings is 1. The molecule has 134 valence electrons. The minimum absolute atomic E-state index is 0.575. The molecule has 0 N–H and O–H groups in total. The lowest BCUT2D eigenvalue weighted by atomic mass is 10.0. The van der Waals surface area contributed by atoms with Crippen LogP contribution in [0.4, 0.5) is 0 Å². The molecule has 0 spiro atoms. The first-order chi connectivity index (χ1) is 12.4. The maximum atomic E-state index is 5.47. The van der Waals surface area contributed by atoms with E-state index in [1.807, 2.05) is 30.3 Å². The van der Waals surface area contributed by atoms with Crippen molar-refractivity contribution >= 4 is 0 Å². The number of hydrogen-bond donors (Lipinski definition) is 0. The van der Waals surface area contributed by atoms with E-state index in [1.165, 1.54) is 19.3 Å². The number of likely N-dealkylation sites (tertiary alicyclic amines) is 1. The van der Waals surface area contributed by atoms with Crippen molar-refractivity contribution in [2.75, 3.05) is 39.4 Å². The van der Waals surface area contributed by atoms with Gasteiger partial charge in [-0.2, -0.15) is 4.98 Å². The maximum absolute atomic E-state index is 5.47. The summed E-state index contributed by atoms with van der Waals surface area (Å²) in [5, 5.41) is 4.21. The van der Waals surface area contributed by atoms with Gasteiger partial charge in [-0.25, -0.2) is 0 Å². The summed E-state index contributed by atoms with van der Waals surface area (Å²) in [5.41, 5.74) is 0.977. The monoisotopic (exact) mass is 342 g/mol. The molecule has 4 rings (SSSR count). The summed E-state index contributed by atoms with van der Waals surface area (Å²) in [6.45, 7) is 6.81. The Labute approximate surface area is 148 Å². The number of benzene rings is 1. The third kappa shape index (κ3) is 4.26. The molecule has 1 aromatic carbocycles. The van der Waals surface area contributed by atoms with Crippen LogP contribution in [-0.4, -0.2) is 65.4 Å². The van der Waals surface area contributed by atoms with E-state index in [2.05, 4.69) is 19.9 Å². The average molecular weight is 342 g/mol. The van der Waals surface area contributed by atoms with Crippen LogP contribution < -0.4 is 0 Å². The zero-order valence-corrected chi connectivity index (χ0v) is 14.6. The normalized spacial score (nSPS) is 23.0. The predicted octanol–water partition coefficient (Wildman–Crippen LogP) is 2.42. The third-order valence-electron chi connectivity index (χ3n) is 5.16. The van der Waals surface area contributed by atoms with Gasteiger partial charge in [0.05, 0.1) is 19.8 Å². The second-order valence-corrected chi connectivity index (χ2v) is 6.91. The zero-order valence-electron chi connectivity index (χ0n) is 14.6. The van der Waals surface area contributed by atoms with Crippen LogP contribution in [0.15, 0.2) is 34.9 Å². The molecule has 6 heteroatoms. The van der Waals surface area contributed by atoms with Crippen LogP contribution in [-0.2, 0) is 11.3 Å². The third-order valence-corrected chi connectivity index (χ3v) is 5.16. The molecule has 2 saturated heterocycles. The van der Waals surface area contributed by atoms with Crippen LogP contribution in [0.5, 0.6) is 0 Å². The predicted molar refractivity (Wildman–Crippen MR) is 95.0 cm³/mol. The molecule has 2 aliphatic rings. The molecule has 0 radical (unpaired) electrons. The van der Waals surface area contributed by atoms with Crippen molar-refractivity contribution in [2.45, 2.75) is 31.8 Å². The van der Waals surface area contributed by atoms with Gasteiger partial charge in [0.25, 0.3) is 5.89 Å². The van der Waals surface area contributed by atoms with E-state index in [-0.39, 0.29) is 0 Å². The van der Waals surface area contributed by atoms with E-state index in [4.69, 9.17) is 9.26 Å². The number of nitrogens with zero attached hydrogens (tertiary/aromatic N) is 4. The van der Waals surface area contributed by atoms with E-state index in [0.29, 0.717) is 11.9 Å². The lowest BCUT2D eigenvalue weighted by Crippen LogP contribution is -2.49. The molecule has 25 heavy (non-hydrogen) atoms. The van der Waals surface area contributed by atoms with Crippen molar-refractivity contribution < 1.29 is 9.26 Å². The second-order valence-electron chi connectivity index (χ2n) is 6.91. The molecule has 3 heterocycles. The van der Waals surface area contributed by atoms with Gasteiger partial charge in [0.1, 0.15) is 0 Å². The summed E-state index contributed by atoms with van der Waals surface area (Å²) in [6, 6.07) is 10.5. The van der Waals surface area contributed by atoms with Crippen LogP contribution >= 0.6 is 0 Å². The van der Waals surface area contributed by atoms with E-state index >= 15 is 0 Å². The molecular formula is C19H26N4O2. The molecule has 0 amide bonds. The number of aromatic nitrogens is 2. The summed E-state index contributed by atoms with van der Waals surface area (Å²) in [4.78, 5) is 9.66. The number of rotatable bonds is 5. The second kappa shape index (κ2) is 8.08. The first-order valence-electron chi connectivity index (χ1n) is 9.30. The zero-order chi connectivity index (χ0) is 16.9. The van der Waals surface area contributed by atoms with E-state index in [1.54, 1.807) is 0 Å². The standard InChI is InChI=1S/C19H26N4O2/c1-2-6-16(7-3-1)19-20-18(21-25-19)15-23-9-5-4-8-17(23)14-22-10-12-24-13-11-22/h1-3,6-7,17H,4-5,8-15H2. The molecule has 1 atom stereocenters. The molecule has 2 fully saturated rings. The summed E-state index contributed by atoms with van der Waals surface area (Å²) in [5.74, 6) is 1.39. The van der Waals surface area contributed by atoms with E-state index in [0.717, 1.165) is 57.3 Å². The van der Waals surface area contributed by atoms with Crippen LogP contribution in [0.2, 0.25) is 0 Å². The smallest absolute Gasteiger partial charge is 0.257 e. The largest absolute Gasteiger partial charge is 0.379 e. The minimum Gasteiger partial charge on any atom is -0.379 e. The molecule has 2 aromatic rings. The topological polar surface area (TPSA) is 54.6 Å². The molecule has 6 nitrogen and oxygen atoms in total. The van der Waals surface area contributed by atoms with Crippen molar-refractivity contribution in [2.24, 2.45) is 0 Å². The Kier molecular flexibility index (Phi) is 5.40. The molecular weight excluding hydrogens is 316 g/mol.